The van der Waals surface area contributed by atoms with Crippen LogP contribution in [0.25, 0.3) is 16.0 Å². The third kappa shape index (κ3) is 3.28. The molecule has 8 nitrogen and oxygen atoms in total. The Balaban J connectivity index is 1.28. The van der Waals surface area contributed by atoms with Gasteiger partial charge in [-0.15, -0.1) is 16.4 Å². The first kappa shape index (κ1) is 18.9. The van der Waals surface area contributed by atoms with Crippen LogP contribution in [-0.4, -0.2) is 48.5 Å². The highest BCUT2D eigenvalue weighted by molar-refractivity contribution is 7.18. The van der Waals surface area contributed by atoms with Gasteiger partial charge in [-0.05, 0) is 38.8 Å². The molecule has 1 aliphatic heterocycles. The number of amides is 1. The zero-order valence-corrected chi connectivity index (χ0v) is 17.8. The third-order valence-corrected chi connectivity index (χ3v) is 7.10. The van der Waals surface area contributed by atoms with Gasteiger partial charge in [-0.2, -0.15) is 9.50 Å². The Morgan fingerprint density at radius 2 is 1.93 bits per heavy atom. The summed E-state index contributed by atoms with van der Waals surface area (Å²) in [7, 11) is 0. The number of aryl methyl sites for hydroxylation is 2. The molecule has 4 aromatic rings. The lowest BCUT2D eigenvalue weighted by molar-refractivity contribution is -0.131. The fraction of sp³-hybridized carbons (Fsp3) is 0.381. The van der Waals surface area contributed by atoms with Gasteiger partial charge in [0.15, 0.2) is 0 Å². The molecule has 0 bridgehead atoms. The third-order valence-electron chi connectivity index (χ3n) is 5.90. The predicted molar refractivity (Wildman–Crippen MR) is 117 cm³/mol. The van der Waals surface area contributed by atoms with E-state index >= 15 is 0 Å². The highest BCUT2D eigenvalue weighted by atomic mass is 32.1. The number of nitrogen functional groups attached to an aromatic ring is 1. The maximum atomic E-state index is 13.0. The first-order chi connectivity index (χ1) is 14.5. The Bertz CT molecular complexity index is 1220. The van der Waals surface area contributed by atoms with E-state index in [1.807, 2.05) is 24.8 Å². The standard InChI is InChI=1S/C21H23N7OS/c1-12-15(13(2)28-21(23-12)25-20(22)26-28)11-18(29)27-9-7-14(8-10-27)19-24-16-5-3-4-6-17(16)30-19/h3-6,14H,7-11H2,1-2H3,(H2,22,26). The average molecular weight is 422 g/mol. The number of nitrogens with zero attached hydrogens (tertiary/aromatic N) is 6. The van der Waals surface area contributed by atoms with Crippen molar-refractivity contribution < 1.29 is 4.79 Å². The minimum absolute atomic E-state index is 0.123. The van der Waals surface area contributed by atoms with Crippen molar-refractivity contribution in [1.29, 1.82) is 0 Å². The Kier molecular flexibility index (Phi) is 4.62. The number of anilines is 1. The summed E-state index contributed by atoms with van der Waals surface area (Å²) in [6.07, 6.45) is 2.20. The lowest BCUT2D eigenvalue weighted by Crippen LogP contribution is -2.39. The molecule has 0 unspecified atom stereocenters. The van der Waals surface area contributed by atoms with Crippen LogP contribution in [0.1, 0.15) is 40.7 Å². The van der Waals surface area contributed by atoms with Crippen molar-refractivity contribution in [3.05, 3.63) is 46.2 Å². The number of rotatable bonds is 3. The molecule has 5 rings (SSSR count). The van der Waals surface area contributed by atoms with Gasteiger partial charge < -0.3 is 10.6 Å². The van der Waals surface area contributed by atoms with Crippen LogP contribution in [0.15, 0.2) is 24.3 Å². The number of aromatic nitrogens is 5. The highest BCUT2D eigenvalue weighted by Gasteiger charge is 2.27. The molecule has 0 aliphatic carbocycles. The van der Waals surface area contributed by atoms with Crippen LogP contribution >= 0.6 is 11.3 Å². The smallest absolute Gasteiger partial charge is 0.254 e. The van der Waals surface area contributed by atoms with Crippen LogP contribution in [0.2, 0.25) is 0 Å². The number of nitrogens with two attached hydrogens (primary N) is 1. The number of para-hydroxylation sites is 1. The molecule has 1 aromatic carbocycles. The topological polar surface area (TPSA) is 102 Å². The summed E-state index contributed by atoms with van der Waals surface area (Å²) in [4.78, 5) is 28.4. The molecule has 4 heterocycles. The fourth-order valence-electron chi connectivity index (χ4n) is 4.18. The van der Waals surface area contributed by atoms with Gasteiger partial charge in [0.05, 0.1) is 21.6 Å². The van der Waals surface area contributed by atoms with Gasteiger partial charge in [0.25, 0.3) is 5.78 Å². The summed E-state index contributed by atoms with van der Waals surface area (Å²) in [6.45, 7) is 5.34. The van der Waals surface area contributed by atoms with E-state index in [2.05, 4.69) is 33.3 Å². The monoisotopic (exact) mass is 421 g/mol. The van der Waals surface area contributed by atoms with Gasteiger partial charge in [0, 0.05) is 36.0 Å². The van der Waals surface area contributed by atoms with Crippen LogP contribution in [0.5, 0.6) is 0 Å². The Morgan fingerprint density at radius 3 is 2.70 bits per heavy atom. The van der Waals surface area contributed by atoms with Crippen molar-refractivity contribution in [2.75, 3.05) is 18.8 Å². The second kappa shape index (κ2) is 7.32. The summed E-state index contributed by atoms with van der Waals surface area (Å²) in [5.41, 5.74) is 9.32. The van der Waals surface area contributed by atoms with Crippen molar-refractivity contribution in [2.24, 2.45) is 0 Å². The number of thiazole rings is 1. The molecular formula is C21H23N7OS. The lowest BCUT2D eigenvalue weighted by Gasteiger charge is -2.31. The number of carbonyl (C=O) groups excluding carboxylic acids is 1. The molecule has 9 heteroatoms. The summed E-state index contributed by atoms with van der Waals surface area (Å²) in [5, 5.41) is 5.37. The van der Waals surface area contributed by atoms with Crippen molar-refractivity contribution in [3.8, 4) is 0 Å². The van der Waals surface area contributed by atoms with E-state index < -0.39 is 0 Å². The molecule has 2 N–H and O–H groups in total. The SMILES string of the molecule is Cc1nc2nc(N)nn2c(C)c1CC(=O)N1CCC(c2nc3ccccc3s2)CC1. The van der Waals surface area contributed by atoms with Gasteiger partial charge in [0.1, 0.15) is 0 Å². The average Bonchev–Trinajstić information content (AvgIpc) is 3.34. The summed E-state index contributed by atoms with van der Waals surface area (Å²) >= 11 is 1.77. The largest absolute Gasteiger partial charge is 0.366 e. The van der Waals surface area contributed by atoms with E-state index in [1.165, 1.54) is 9.71 Å². The van der Waals surface area contributed by atoms with Crippen molar-refractivity contribution in [3.63, 3.8) is 0 Å². The Hall–Kier alpha value is -3.07. The number of likely N-dealkylation sites (tertiary alicyclic amines) is 1. The number of hydrogen-bond acceptors (Lipinski definition) is 7. The molecule has 0 atom stereocenters. The summed E-state index contributed by atoms with van der Waals surface area (Å²) < 4.78 is 2.85. The van der Waals surface area contributed by atoms with Gasteiger partial charge in [-0.3, -0.25) is 4.79 Å². The van der Waals surface area contributed by atoms with Crippen LogP contribution in [-0.2, 0) is 11.2 Å². The molecule has 30 heavy (non-hydrogen) atoms. The number of carbonyl (C=O) groups is 1. The van der Waals surface area contributed by atoms with Gasteiger partial charge >= 0.3 is 0 Å². The maximum absolute atomic E-state index is 13.0. The van der Waals surface area contributed by atoms with E-state index in [-0.39, 0.29) is 11.9 Å². The molecule has 154 valence electrons. The molecule has 0 spiro atoms. The molecule has 0 radical (unpaired) electrons. The maximum Gasteiger partial charge on any atom is 0.254 e. The zero-order chi connectivity index (χ0) is 20.8. The lowest BCUT2D eigenvalue weighted by atomic mass is 9.97. The molecular weight excluding hydrogens is 398 g/mol. The van der Waals surface area contributed by atoms with Gasteiger partial charge in [-0.1, -0.05) is 12.1 Å². The van der Waals surface area contributed by atoms with Crippen LogP contribution in [0.4, 0.5) is 5.95 Å². The number of hydrogen-bond donors (Lipinski definition) is 1. The van der Waals surface area contributed by atoms with E-state index in [0.717, 1.165) is 48.4 Å². The Labute approximate surface area is 177 Å². The highest BCUT2D eigenvalue weighted by Crippen LogP contribution is 2.34. The second-order valence-electron chi connectivity index (χ2n) is 7.79. The van der Waals surface area contributed by atoms with Crippen LogP contribution < -0.4 is 5.73 Å². The van der Waals surface area contributed by atoms with Gasteiger partial charge in [-0.25, -0.2) is 9.97 Å². The first-order valence-corrected chi connectivity index (χ1v) is 10.9. The van der Waals surface area contributed by atoms with Crippen molar-refractivity contribution in [1.82, 2.24) is 29.5 Å². The number of benzene rings is 1. The summed E-state index contributed by atoms with van der Waals surface area (Å²) in [6, 6.07) is 8.26. The molecule has 0 saturated carbocycles. The Morgan fingerprint density at radius 1 is 1.17 bits per heavy atom. The minimum atomic E-state index is 0.123. The van der Waals surface area contributed by atoms with Crippen molar-refractivity contribution >= 4 is 39.2 Å². The van der Waals surface area contributed by atoms with E-state index in [4.69, 9.17) is 10.7 Å². The van der Waals surface area contributed by atoms with Crippen LogP contribution in [0, 0.1) is 13.8 Å². The summed E-state index contributed by atoms with van der Waals surface area (Å²) in [5.74, 6) is 1.20. The molecule has 1 saturated heterocycles. The minimum Gasteiger partial charge on any atom is -0.366 e. The van der Waals surface area contributed by atoms with E-state index in [1.54, 1.807) is 15.9 Å². The molecule has 1 aliphatic rings. The second-order valence-corrected chi connectivity index (χ2v) is 8.86. The van der Waals surface area contributed by atoms with Crippen molar-refractivity contribution in [2.45, 2.75) is 39.0 Å². The predicted octanol–water partition coefficient (Wildman–Crippen LogP) is 2.88. The number of piperidine rings is 1. The first-order valence-electron chi connectivity index (χ1n) is 10.1. The van der Waals surface area contributed by atoms with Crippen LogP contribution in [0.3, 0.4) is 0 Å². The number of fused-ring (bicyclic) bond motifs is 2. The molecule has 3 aromatic heterocycles. The normalized spacial score (nSPS) is 15.3. The molecule has 1 fully saturated rings. The quantitative estimate of drug-likeness (QED) is 0.546. The van der Waals surface area contributed by atoms with E-state index in [9.17, 15) is 4.79 Å². The van der Waals surface area contributed by atoms with Gasteiger partial charge in [0.2, 0.25) is 11.9 Å². The van der Waals surface area contributed by atoms with E-state index in [0.29, 0.717) is 18.1 Å². The fourth-order valence-corrected chi connectivity index (χ4v) is 5.32. The zero-order valence-electron chi connectivity index (χ0n) is 17.0. The molecule has 1 amide bonds.